The molecule has 0 aliphatic heterocycles. The largest absolute Gasteiger partial charge is 0.416 e. The third-order valence-corrected chi connectivity index (χ3v) is 3.75. The summed E-state index contributed by atoms with van der Waals surface area (Å²) in [6.45, 7) is 4.80. The summed E-state index contributed by atoms with van der Waals surface area (Å²) in [6.07, 6.45) is -2.61. The molecule has 0 atom stereocenters. The van der Waals surface area contributed by atoms with Gasteiger partial charge in [0.15, 0.2) is 0 Å². The first-order valence-electron chi connectivity index (χ1n) is 7.22. The number of benzene rings is 1. The Morgan fingerprint density at radius 1 is 1.23 bits per heavy atom. The zero-order chi connectivity index (χ0) is 16.3. The predicted molar refractivity (Wildman–Crippen MR) is 79.6 cm³/mol. The molecule has 2 rings (SSSR count). The topological polar surface area (TPSA) is 43.8 Å². The van der Waals surface area contributed by atoms with Crippen LogP contribution in [-0.2, 0) is 19.1 Å². The van der Waals surface area contributed by atoms with E-state index in [2.05, 4.69) is 5.10 Å². The molecular weight excluding hydrogens is 291 g/mol. The molecule has 1 aromatic carbocycles. The van der Waals surface area contributed by atoms with Crippen LogP contribution in [0.2, 0.25) is 0 Å². The first kappa shape index (κ1) is 16.5. The number of nitrogens with zero attached hydrogens (tertiary/aromatic N) is 2. The minimum atomic E-state index is -4.32. The van der Waals surface area contributed by atoms with Gasteiger partial charge in [-0.25, -0.2) is 0 Å². The van der Waals surface area contributed by atoms with Crippen molar-refractivity contribution >= 4 is 0 Å². The number of hydrogen-bond donors (Lipinski definition) is 1. The van der Waals surface area contributed by atoms with Crippen molar-refractivity contribution in [2.45, 2.75) is 39.4 Å². The first-order valence-corrected chi connectivity index (χ1v) is 7.22. The van der Waals surface area contributed by atoms with Gasteiger partial charge in [-0.1, -0.05) is 12.1 Å². The third kappa shape index (κ3) is 3.68. The van der Waals surface area contributed by atoms with Crippen LogP contribution >= 0.6 is 0 Å². The van der Waals surface area contributed by atoms with Gasteiger partial charge in [0, 0.05) is 5.69 Å². The summed E-state index contributed by atoms with van der Waals surface area (Å²) < 4.78 is 40.0. The second kappa shape index (κ2) is 6.52. The Morgan fingerprint density at radius 2 is 1.95 bits per heavy atom. The molecule has 0 amide bonds. The maximum atomic E-state index is 12.8. The van der Waals surface area contributed by atoms with Gasteiger partial charge in [0.05, 0.1) is 17.8 Å². The number of aromatic nitrogens is 2. The standard InChI is InChI=1S/C16H20F3N3/c1-11-15(7-4-8-20)12(2)22(21-11)10-13-5-3-6-14(9-13)16(17,18)19/h3,5-6,9H,4,7-8,10,20H2,1-2H3. The Balaban J connectivity index is 2.24. The Hall–Kier alpha value is -1.82. The van der Waals surface area contributed by atoms with Crippen molar-refractivity contribution < 1.29 is 13.2 Å². The number of halogens is 3. The van der Waals surface area contributed by atoms with E-state index < -0.39 is 11.7 Å². The van der Waals surface area contributed by atoms with E-state index in [-0.39, 0.29) is 0 Å². The van der Waals surface area contributed by atoms with Crippen LogP contribution in [0.3, 0.4) is 0 Å². The zero-order valence-corrected chi connectivity index (χ0v) is 12.7. The van der Waals surface area contributed by atoms with Gasteiger partial charge in [-0.3, -0.25) is 4.68 Å². The molecule has 0 bridgehead atoms. The normalized spacial score (nSPS) is 11.9. The van der Waals surface area contributed by atoms with E-state index in [1.165, 1.54) is 12.1 Å². The van der Waals surface area contributed by atoms with Crippen molar-refractivity contribution in [2.24, 2.45) is 5.73 Å². The van der Waals surface area contributed by atoms with Crippen LogP contribution in [0.25, 0.3) is 0 Å². The first-order chi connectivity index (χ1) is 10.3. The second-order valence-corrected chi connectivity index (χ2v) is 5.40. The lowest BCUT2D eigenvalue weighted by Gasteiger charge is -2.10. The fourth-order valence-electron chi connectivity index (χ4n) is 2.55. The van der Waals surface area contributed by atoms with Gasteiger partial charge >= 0.3 is 6.18 Å². The highest BCUT2D eigenvalue weighted by Crippen LogP contribution is 2.29. The summed E-state index contributed by atoms with van der Waals surface area (Å²) in [5.41, 5.74) is 8.53. The SMILES string of the molecule is Cc1nn(Cc2cccc(C(F)(F)F)c2)c(C)c1CCCN. The Kier molecular flexibility index (Phi) is 4.90. The molecule has 0 fully saturated rings. The molecule has 0 saturated carbocycles. The molecule has 0 unspecified atom stereocenters. The number of hydrogen-bond acceptors (Lipinski definition) is 2. The van der Waals surface area contributed by atoms with E-state index in [9.17, 15) is 13.2 Å². The molecule has 1 heterocycles. The van der Waals surface area contributed by atoms with E-state index in [4.69, 9.17) is 5.73 Å². The van der Waals surface area contributed by atoms with Crippen LogP contribution in [0.5, 0.6) is 0 Å². The number of aryl methyl sites for hydroxylation is 1. The highest BCUT2D eigenvalue weighted by atomic mass is 19.4. The summed E-state index contributed by atoms with van der Waals surface area (Å²) in [5.74, 6) is 0. The molecule has 0 aliphatic carbocycles. The molecule has 2 N–H and O–H groups in total. The van der Waals surface area contributed by atoms with Gasteiger partial charge in [0.25, 0.3) is 0 Å². The molecule has 120 valence electrons. The highest BCUT2D eigenvalue weighted by Gasteiger charge is 2.30. The molecule has 22 heavy (non-hydrogen) atoms. The quantitative estimate of drug-likeness (QED) is 0.919. The lowest BCUT2D eigenvalue weighted by atomic mass is 10.1. The molecular formula is C16H20F3N3. The van der Waals surface area contributed by atoms with Gasteiger partial charge in [-0.2, -0.15) is 18.3 Å². The van der Waals surface area contributed by atoms with Crippen LogP contribution in [0.1, 0.15) is 34.5 Å². The Bertz CT molecular complexity index is 645. The molecule has 3 nitrogen and oxygen atoms in total. The summed E-state index contributed by atoms with van der Waals surface area (Å²) >= 11 is 0. The second-order valence-electron chi connectivity index (χ2n) is 5.40. The average molecular weight is 311 g/mol. The molecule has 0 spiro atoms. The smallest absolute Gasteiger partial charge is 0.330 e. The van der Waals surface area contributed by atoms with Crippen LogP contribution in [-0.4, -0.2) is 16.3 Å². The molecule has 6 heteroatoms. The molecule has 1 aromatic heterocycles. The van der Waals surface area contributed by atoms with Crippen molar-refractivity contribution in [3.8, 4) is 0 Å². The molecule has 2 aromatic rings. The lowest BCUT2D eigenvalue weighted by Crippen LogP contribution is -2.08. The minimum Gasteiger partial charge on any atom is -0.330 e. The van der Waals surface area contributed by atoms with E-state index in [0.29, 0.717) is 18.7 Å². The van der Waals surface area contributed by atoms with Crippen LogP contribution < -0.4 is 5.73 Å². The van der Waals surface area contributed by atoms with Crippen molar-refractivity contribution in [1.29, 1.82) is 0 Å². The van der Waals surface area contributed by atoms with Crippen molar-refractivity contribution in [3.05, 3.63) is 52.3 Å². The van der Waals surface area contributed by atoms with Crippen molar-refractivity contribution in [2.75, 3.05) is 6.54 Å². The van der Waals surface area contributed by atoms with E-state index in [1.54, 1.807) is 10.7 Å². The van der Waals surface area contributed by atoms with Crippen LogP contribution in [0.15, 0.2) is 24.3 Å². The van der Waals surface area contributed by atoms with E-state index >= 15 is 0 Å². The average Bonchev–Trinajstić information content (AvgIpc) is 2.71. The molecule has 0 aliphatic rings. The van der Waals surface area contributed by atoms with Gasteiger partial charge < -0.3 is 5.73 Å². The molecule has 0 saturated heterocycles. The Labute approximate surface area is 127 Å². The maximum Gasteiger partial charge on any atom is 0.416 e. The van der Waals surface area contributed by atoms with Crippen LogP contribution in [0.4, 0.5) is 13.2 Å². The fraction of sp³-hybridized carbons (Fsp3) is 0.438. The summed E-state index contributed by atoms with van der Waals surface area (Å²) in [6, 6.07) is 5.37. The number of rotatable bonds is 5. The van der Waals surface area contributed by atoms with E-state index in [1.807, 2.05) is 13.8 Å². The van der Waals surface area contributed by atoms with E-state index in [0.717, 1.165) is 35.9 Å². The van der Waals surface area contributed by atoms with Gasteiger partial charge in [-0.05, 0) is 56.5 Å². The third-order valence-electron chi connectivity index (χ3n) is 3.75. The lowest BCUT2D eigenvalue weighted by molar-refractivity contribution is -0.137. The minimum absolute atomic E-state index is 0.333. The zero-order valence-electron chi connectivity index (χ0n) is 12.7. The van der Waals surface area contributed by atoms with Crippen LogP contribution in [0, 0.1) is 13.8 Å². The number of nitrogens with two attached hydrogens (primary N) is 1. The molecule has 0 radical (unpaired) electrons. The van der Waals surface area contributed by atoms with Gasteiger partial charge in [0.1, 0.15) is 0 Å². The van der Waals surface area contributed by atoms with Gasteiger partial charge in [0.2, 0.25) is 0 Å². The highest BCUT2D eigenvalue weighted by molar-refractivity contribution is 5.28. The van der Waals surface area contributed by atoms with Crippen molar-refractivity contribution in [1.82, 2.24) is 9.78 Å². The summed E-state index contributed by atoms with van der Waals surface area (Å²) in [4.78, 5) is 0. The summed E-state index contributed by atoms with van der Waals surface area (Å²) in [7, 11) is 0. The monoisotopic (exact) mass is 311 g/mol. The predicted octanol–water partition coefficient (Wildman–Crippen LogP) is 3.46. The Morgan fingerprint density at radius 3 is 2.59 bits per heavy atom. The summed E-state index contributed by atoms with van der Waals surface area (Å²) in [5, 5.41) is 4.44. The number of alkyl halides is 3. The fourth-order valence-corrected chi connectivity index (χ4v) is 2.55. The maximum absolute atomic E-state index is 12.8. The van der Waals surface area contributed by atoms with Crippen molar-refractivity contribution in [3.63, 3.8) is 0 Å². The van der Waals surface area contributed by atoms with Gasteiger partial charge in [-0.15, -0.1) is 0 Å².